The summed E-state index contributed by atoms with van der Waals surface area (Å²) in [7, 11) is 1.62. The van der Waals surface area contributed by atoms with E-state index in [2.05, 4.69) is 0 Å². The first-order valence-electron chi connectivity index (χ1n) is 8.36. The first kappa shape index (κ1) is 16.1. The highest BCUT2D eigenvalue weighted by Crippen LogP contribution is 2.32. The van der Waals surface area contributed by atoms with E-state index in [0.29, 0.717) is 16.9 Å². The van der Waals surface area contributed by atoms with Crippen molar-refractivity contribution in [3.8, 4) is 16.9 Å². The summed E-state index contributed by atoms with van der Waals surface area (Å²) in [4.78, 5) is 26.3. The van der Waals surface area contributed by atoms with Crippen LogP contribution in [-0.4, -0.2) is 23.8 Å². The van der Waals surface area contributed by atoms with E-state index in [0.717, 1.165) is 16.7 Å². The maximum Gasteiger partial charge on any atom is 0.261 e. The van der Waals surface area contributed by atoms with Crippen LogP contribution in [0.2, 0.25) is 0 Å². The van der Waals surface area contributed by atoms with Crippen molar-refractivity contribution in [2.24, 2.45) is 0 Å². The molecule has 1 aliphatic heterocycles. The summed E-state index contributed by atoms with van der Waals surface area (Å²) in [5, 5.41) is 0. The minimum atomic E-state index is -0.253. The van der Waals surface area contributed by atoms with E-state index in [4.69, 9.17) is 4.74 Å². The molecule has 0 bridgehead atoms. The molecule has 128 valence electrons. The lowest BCUT2D eigenvalue weighted by Crippen LogP contribution is -2.29. The maximum absolute atomic E-state index is 12.5. The number of rotatable bonds is 4. The van der Waals surface area contributed by atoms with Gasteiger partial charge in [-0.1, -0.05) is 54.6 Å². The number of hydrogen-bond donors (Lipinski definition) is 0. The lowest BCUT2D eigenvalue weighted by molar-refractivity contribution is 0.0642. The van der Waals surface area contributed by atoms with Crippen LogP contribution in [0.1, 0.15) is 26.3 Å². The highest BCUT2D eigenvalue weighted by atomic mass is 16.5. The highest BCUT2D eigenvalue weighted by Gasteiger charge is 2.35. The molecule has 0 aliphatic carbocycles. The zero-order valence-electron chi connectivity index (χ0n) is 14.3. The number of methoxy groups -OCH3 is 1. The van der Waals surface area contributed by atoms with Gasteiger partial charge >= 0.3 is 0 Å². The van der Waals surface area contributed by atoms with Gasteiger partial charge in [-0.25, -0.2) is 0 Å². The van der Waals surface area contributed by atoms with E-state index in [1.54, 1.807) is 31.4 Å². The molecule has 0 fully saturated rings. The number of carbonyl (C=O) groups is 2. The number of carbonyl (C=O) groups excluding carboxylic acids is 2. The van der Waals surface area contributed by atoms with Gasteiger partial charge in [0.05, 0.1) is 24.8 Å². The molecule has 0 radical (unpaired) electrons. The number of hydrogen-bond acceptors (Lipinski definition) is 3. The molecule has 4 heteroatoms. The van der Waals surface area contributed by atoms with Gasteiger partial charge in [0.1, 0.15) is 5.75 Å². The second-order valence-corrected chi connectivity index (χ2v) is 6.14. The first-order valence-corrected chi connectivity index (χ1v) is 8.36. The number of nitrogens with zero attached hydrogens (tertiary/aromatic N) is 1. The quantitative estimate of drug-likeness (QED) is 0.668. The Morgan fingerprint density at radius 1 is 0.769 bits per heavy atom. The largest absolute Gasteiger partial charge is 0.496 e. The Morgan fingerprint density at radius 3 is 2.00 bits per heavy atom. The Bertz CT molecular complexity index is 960. The Kier molecular flexibility index (Phi) is 4.01. The molecule has 4 nitrogen and oxygen atoms in total. The molecule has 2 amide bonds. The first-order chi connectivity index (χ1) is 12.7. The Morgan fingerprint density at radius 2 is 1.38 bits per heavy atom. The van der Waals surface area contributed by atoms with Crippen LogP contribution in [-0.2, 0) is 6.54 Å². The van der Waals surface area contributed by atoms with E-state index >= 15 is 0 Å². The van der Waals surface area contributed by atoms with Crippen LogP contribution in [0.3, 0.4) is 0 Å². The molecule has 0 unspecified atom stereocenters. The van der Waals surface area contributed by atoms with E-state index in [-0.39, 0.29) is 18.4 Å². The molecule has 4 rings (SSSR count). The number of ether oxygens (including phenoxy) is 1. The van der Waals surface area contributed by atoms with E-state index in [1.807, 2.05) is 48.5 Å². The lowest BCUT2D eigenvalue weighted by atomic mass is 10.0. The molecule has 0 aromatic heterocycles. The van der Waals surface area contributed by atoms with Crippen molar-refractivity contribution in [3.05, 3.63) is 89.5 Å². The molecular formula is C22H17NO3. The van der Waals surface area contributed by atoms with Crippen LogP contribution >= 0.6 is 0 Å². The smallest absolute Gasteiger partial charge is 0.261 e. The topological polar surface area (TPSA) is 46.6 Å². The third-order valence-electron chi connectivity index (χ3n) is 4.57. The summed E-state index contributed by atoms with van der Waals surface area (Å²) in [6.07, 6.45) is 0. The minimum Gasteiger partial charge on any atom is -0.496 e. The second kappa shape index (κ2) is 6.48. The van der Waals surface area contributed by atoms with Crippen LogP contribution in [0.25, 0.3) is 11.1 Å². The molecule has 1 heterocycles. The van der Waals surface area contributed by atoms with Gasteiger partial charge in [-0.2, -0.15) is 0 Å². The van der Waals surface area contributed by atoms with E-state index in [1.165, 1.54) is 4.90 Å². The maximum atomic E-state index is 12.5. The SMILES string of the molecule is COc1cc(CN2C(=O)c3ccccc3C2=O)ccc1-c1ccccc1. The normalized spacial score (nSPS) is 13.0. The van der Waals surface area contributed by atoms with Crippen LogP contribution < -0.4 is 4.74 Å². The summed E-state index contributed by atoms with van der Waals surface area (Å²) in [6, 6.07) is 22.6. The van der Waals surface area contributed by atoms with Crippen LogP contribution in [0.15, 0.2) is 72.8 Å². The van der Waals surface area contributed by atoms with Crippen molar-refractivity contribution in [2.75, 3.05) is 7.11 Å². The van der Waals surface area contributed by atoms with Crippen molar-refractivity contribution >= 4 is 11.8 Å². The molecule has 3 aromatic carbocycles. The summed E-state index contributed by atoms with van der Waals surface area (Å²) < 4.78 is 5.53. The predicted molar refractivity (Wildman–Crippen MR) is 99.1 cm³/mol. The summed E-state index contributed by atoms with van der Waals surface area (Å²) in [6.45, 7) is 0.220. The molecule has 0 atom stereocenters. The molecule has 0 spiro atoms. The predicted octanol–water partition coefficient (Wildman–Crippen LogP) is 4.16. The van der Waals surface area contributed by atoms with E-state index in [9.17, 15) is 9.59 Å². The van der Waals surface area contributed by atoms with Gasteiger partial charge in [-0.05, 0) is 29.3 Å². The molecule has 3 aromatic rings. The number of amides is 2. The van der Waals surface area contributed by atoms with Crippen molar-refractivity contribution in [3.63, 3.8) is 0 Å². The van der Waals surface area contributed by atoms with Crippen LogP contribution in [0, 0.1) is 0 Å². The summed E-state index contributed by atoms with van der Waals surface area (Å²) >= 11 is 0. The van der Waals surface area contributed by atoms with Crippen LogP contribution in [0.5, 0.6) is 5.75 Å². The minimum absolute atomic E-state index is 0.220. The monoisotopic (exact) mass is 343 g/mol. The standard InChI is InChI=1S/C22H17NO3/c1-26-20-13-15(11-12-17(20)16-7-3-2-4-8-16)14-23-21(24)18-9-5-6-10-19(18)22(23)25/h2-13H,14H2,1H3. The van der Waals surface area contributed by atoms with Gasteiger partial charge in [0.15, 0.2) is 0 Å². The van der Waals surface area contributed by atoms with Gasteiger partial charge in [0.2, 0.25) is 0 Å². The average Bonchev–Trinajstić information content (AvgIpc) is 2.94. The fourth-order valence-corrected chi connectivity index (χ4v) is 3.26. The van der Waals surface area contributed by atoms with Gasteiger partial charge in [-0.3, -0.25) is 14.5 Å². The van der Waals surface area contributed by atoms with Crippen molar-refractivity contribution < 1.29 is 14.3 Å². The lowest BCUT2D eigenvalue weighted by Gasteiger charge is -2.16. The van der Waals surface area contributed by atoms with Gasteiger partial charge in [-0.15, -0.1) is 0 Å². The second-order valence-electron chi connectivity index (χ2n) is 6.14. The van der Waals surface area contributed by atoms with E-state index < -0.39 is 0 Å². The number of imide groups is 1. The third kappa shape index (κ3) is 2.65. The molecular weight excluding hydrogens is 326 g/mol. The molecule has 0 saturated heterocycles. The fourth-order valence-electron chi connectivity index (χ4n) is 3.26. The fraction of sp³-hybridized carbons (Fsp3) is 0.0909. The zero-order chi connectivity index (χ0) is 18.1. The molecule has 1 aliphatic rings. The average molecular weight is 343 g/mol. The molecule has 26 heavy (non-hydrogen) atoms. The van der Waals surface area contributed by atoms with Crippen molar-refractivity contribution in [2.45, 2.75) is 6.54 Å². The number of benzene rings is 3. The Hall–Kier alpha value is -3.40. The molecule has 0 N–H and O–H groups in total. The third-order valence-corrected chi connectivity index (χ3v) is 4.57. The Labute approximate surface area is 151 Å². The van der Waals surface area contributed by atoms with Gasteiger partial charge in [0, 0.05) is 5.56 Å². The highest BCUT2D eigenvalue weighted by molar-refractivity contribution is 6.21. The Balaban J connectivity index is 1.64. The van der Waals surface area contributed by atoms with Crippen molar-refractivity contribution in [1.82, 2.24) is 4.90 Å². The van der Waals surface area contributed by atoms with Crippen LogP contribution in [0.4, 0.5) is 0 Å². The van der Waals surface area contributed by atoms with Crippen molar-refractivity contribution in [1.29, 1.82) is 0 Å². The zero-order valence-corrected chi connectivity index (χ0v) is 14.3. The van der Waals surface area contributed by atoms with Gasteiger partial charge < -0.3 is 4.74 Å². The number of fused-ring (bicyclic) bond motifs is 1. The summed E-state index contributed by atoms with van der Waals surface area (Å²) in [5.74, 6) is 0.207. The summed E-state index contributed by atoms with van der Waals surface area (Å²) in [5.41, 5.74) is 3.79. The molecule has 0 saturated carbocycles. The van der Waals surface area contributed by atoms with Gasteiger partial charge in [0.25, 0.3) is 11.8 Å².